The van der Waals surface area contributed by atoms with Gasteiger partial charge in [0.25, 0.3) is 5.91 Å². The van der Waals surface area contributed by atoms with E-state index in [2.05, 4.69) is 30.3 Å². The van der Waals surface area contributed by atoms with Crippen molar-refractivity contribution in [3.05, 3.63) is 101 Å². The molecular weight excluding hydrogens is 436 g/mol. The first-order valence-corrected chi connectivity index (χ1v) is 12.0. The number of fused-ring (bicyclic) bond motifs is 1. The third-order valence-electron chi connectivity index (χ3n) is 6.92. The van der Waals surface area contributed by atoms with E-state index in [1.165, 1.54) is 5.57 Å². The molecule has 1 aliphatic carbocycles. The highest BCUT2D eigenvalue weighted by atomic mass is 16.5. The molecule has 5 heteroatoms. The summed E-state index contributed by atoms with van der Waals surface area (Å²) in [6.07, 6.45) is 5.21. The molecule has 0 radical (unpaired) electrons. The first-order valence-electron chi connectivity index (χ1n) is 12.0. The molecule has 5 nitrogen and oxygen atoms in total. The Morgan fingerprint density at radius 2 is 1.54 bits per heavy atom. The van der Waals surface area contributed by atoms with Gasteiger partial charge in [-0.05, 0) is 85.4 Å². The lowest BCUT2D eigenvalue weighted by Crippen LogP contribution is -2.31. The van der Waals surface area contributed by atoms with E-state index in [-0.39, 0.29) is 17.9 Å². The minimum atomic E-state index is -0.149. The first-order chi connectivity index (χ1) is 17.1. The van der Waals surface area contributed by atoms with Crippen LogP contribution in [0.5, 0.6) is 11.5 Å². The van der Waals surface area contributed by atoms with Crippen LogP contribution in [0, 0.1) is 12.8 Å². The van der Waals surface area contributed by atoms with E-state index >= 15 is 0 Å². The van der Waals surface area contributed by atoms with Crippen molar-refractivity contribution in [3.8, 4) is 11.5 Å². The molecule has 178 valence electrons. The zero-order chi connectivity index (χ0) is 24.4. The number of hydrogen-bond acceptors (Lipinski definition) is 4. The van der Waals surface area contributed by atoms with Gasteiger partial charge in [0.15, 0.2) is 0 Å². The monoisotopic (exact) mass is 466 g/mol. The second-order valence-corrected chi connectivity index (χ2v) is 9.16. The molecule has 5 rings (SSSR count). The number of nitrogens with zero attached hydrogens (tertiary/aromatic N) is 2. The molecule has 1 heterocycles. The van der Waals surface area contributed by atoms with E-state index < -0.39 is 0 Å². The Labute approximate surface area is 206 Å². The van der Waals surface area contributed by atoms with Crippen molar-refractivity contribution >= 4 is 17.7 Å². The number of benzene rings is 3. The van der Waals surface area contributed by atoms with E-state index in [1.54, 1.807) is 19.2 Å². The molecule has 3 aromatic rings. The van der Waals surface area contributed by atoms with E-state index in [1.807, 2.05) is 55.5 Å². The van der Waals surface area contributed by atoms with Crippen LogP contribution in [-0.2, 0) is 0 Å². The number of methoxy groups -OCH3 is 2. The van der Waals surface area contributed by atoms with Crippen molar-refractivity contribution in [2.45, 2.75) is 32.2 Å². The Morgan fingerprint density at radius 3 is 2.17 bits per heavy atom. The van der Waals surface area contributed by atoms with Crippen LogP contribution >= 0.6 is 0 Å². The van der Waals surface area contributed by atoms with Gasteiger partial charge in [0.2, 0.25) is 0 Å². The fourth-order valence-corrected chi connectivity index (χ4v) is 5.03. The van der Waals surface area contributed by atoms with Crippen LogP contribution in [0.3, 0.4) is 0 Å². The van der Waals surface area contributed by atoms with Crippen molar-refractivity contribution in [3.63, 3.8) is 0 Å². The molecule has 0 aromatic heterocycles. The molecular formula is C30H30N2O3. The van der Waals surface area contributed by atoms with Crippen LogP contribution in [0.1, 0.15) is 52.4 Å². The predicted octanol–water partition coefficient (Wildman–Crippen LogP) is 6.45. The molecule has 0 unspecified atom stereocenters. The van der Waals surface area contributed by atoms with E-state index in [0.717, 1.165) is 53.2 Å². The fraction of sp³-hybridized carbons (Fsp3) is 0.267. The Balaban J connectivity index is 1.55. The summed E-state index contributed by atoms with van der Waals surface area (Å²) in [5.74, 6) is 1.71. The Morgan fingerprint density at radius 1 is 0.914 bits per heavy atom. The van der Waals surface area contributed by atoms with E-state index in [9.17, 15) is 4.79 Å². The Hall–Kier alpha value is -3.86. The van der Waals surface area contributed by atoms with Crippen LogP contribution in [0.4, 0.5) is 0 Å². The average molecular weight is 467 g/mol. The molecule has 35 heavy (non-hydrogen) atoms. The molecule has 1 saturated carbocycles. The summed E-state index contributed by atoms with van der Waals surface area (Å²) in [5.41, 5.74) is 6.17. The summed E-state index contributed by atoms with van der Waals surface area (Å²) in [7, 11) is 3.34. The lowest BCUT2D eigenvalue weighted by molar-refractivity contribution is 0.0681. The molecule has 0 bridgehead atoms. The SMILES string of the molecule is COc1ccc(/C=C2\CCC[C@@H]3C2=NN(C(=O)c2ccc(C)cc2)[C@@H]3c2ccc(OC)cc2)cc1. The molecule has 3 aromatic carbocycles. The molecule has 1 amide bonds. The summed E-state index contributed by atoms with van der Waals surface area (Å²) in [4.78, 5) is 13.7. The van der Waals surface area contributed by atoms with Gasteiger partial charge in [-0.2, -0.15) is 5.10 Å². The molecule has 0 N–H and O–H groups in total. The highest BCUT2D eigenvalue weighted by Crippen LogP contribution is 2.45. The number of amides is 1. The summed E-state index contributed by atoms with van der Waals surface area (Å²) < 4.78 is 10.7. The summed E-state index contributed by atoms with van der Waals surface area (Å²) in [5, 5.41) is 6.70. The summed E-state index contributed by atoms with van der Waals surface area (Å²) in [6.45, 7) is 2.02. The number of hydrogen-bond donors (Lipinski definition) is 0. The minimum absolute atomic E-state index is 0.0727. The number of ether oxygens (including phenoxy) is 2. The summed E-state index contributed by atoms with van der Waals surface area (Å²) in [6, 6.07) is 23.6. The van der Waals surface area contributed by atoms with Crippen molar-refractivity contribution < 1.29 is 14.3 Å². The van der Waals surface area contributed by atoms with Crippen molar-refractivity contribution in [1.82, 2.24) is 5.01 Å². The number of carbonyl (C=O) groups is 1. The van der Waals surface area contributed by atoms with Gasteiger partial charge in [0, 0.05) is 11.5 Å². The maximum atomic E-state index is 13.7. The smallest absolute Gasteiger partial charge is 0.274 e. The van der Waals surface area contributed by atoms with Crippen LogP contribution in [0.25, 0.3) is 6.08 Å². The predicted molar refractivity (Wildman–Crippen MR) is 139 cm³/mol. The van der Waals surface area contributed by atoms with Crippen LogP contribution in [0.2, 0.25) is 0 Å². The van der Waals surface area contributed by atoms with Gasteiger partial charge in [-0.25, -0.2) is 5.01 Å². The lowest BCUT2D eigenvalue weighted by atomic mass is 9.77. The zero-order valence-corrected chi connectivity index (χ0v) is 20.4. The Kier molecular flexibility index (Phi) is 6.41. The van der Waals surface area contributed by atoms with Gasteiger partial charge in [-0.3, -0.25) is 4.79 Å². The molecule has 0 saturated heterocycles. The van der Waals surface area contributed by atoms with E-state index in [4.69, 9.17) is 14.6 Å². The number of allylic oxidation sites excluding steroid dienone is 1. The quantitative estimate of drug-likeness (QED) is 0.434. The van der Waals surface area contributed by atoms with Crippen molar-refractivity contribution in [2.24, 2.45) is 11.0 Å². The number of aryl methyl sites for hydroxylation is 1. The highest BCUT2D eigenvalue weighted by Gasteiger charge is 2.43. The van der Waals surface area contributed by atoms with Gasteiger partial charge >= 0.3 is 0 Å². The van der Waals surface area contributed by atoms with Gasteiger partial charge in [0.05, 0.1) is 26.0 Å². The van der Waals surface area contributed by atoms with Crippen LogP contribution in [0.15, 0.2) is 83.5 Å². The Bertz CT molecular complexity index is 1260. The average Bonchev–Trinajstić information content (AvgIpc) is 3.30. The highest BCUT2D eigenvalue weighted by molar-refractivity contribution is 6.09. The van der Waals surface area contributed by atoms with Gasteiger partial charge in [0.1, 0.15) is 11.5 Å². The normalized spacial score (nSPS) is 20.4. The van der Waals surface area contributed by atoms with Crippen LogP contribution in [-0.4, -0.2) is 30.8 Å². The molecule has 2 aliphatic rings. The number of carbonyl (C=O) groups excluding carboxylic acids is 1. The minimum Gasteiger partial charge on any atom is -0.497 e. The van der Waals surface area contributed by atoms with Gasteiger partial charge in [-0.1, -0.05) is 42.0 Å². The zero-order valence-electron chi connectivity index (χ0n) is 20.4. The standard InChI is InChI=1S/C30H30N2O3/c1-20-7-11-23(12-8-20)30(33)32-29(22-13-17-26(35-3)18-14-22)27-6-4-5-24(28(27)31-32)19-21-9-15-25(34-2)16-10-21/h7-19,27,29H,4-6H2,1-3H3/b24-19+/t27-,29-/m1/s1. The lowest BCUT2D eigenvalue weighted by Gasteiger charge is -2.29. The third kappa shape index (κ3) is 4.59. The summed E-state index contributed by atoms with van der Waals surface area (Å²) >= 11 is 0. The van der Waals surface area contributed by atoms with Crippen LogP contribution < -0.4 is 9.47 Å². The molecule has 2 atom stereocenters. The van der Waals surface area contributed by atoms with Gasteiger partial charge in [-0.15, -0.1) is 0 Å². The second kappa shape index (κ2) is 9.79. The maximum Gasteiger partial charge on any atom is 0.274 e. The second-order valence-electron chi connectivity index (χ2n) is 9.16. The maximum absolute atomic E-state index is 13.7. The fourth-order valence-electron chi connectivity index (χ4n) is 5.03. The topological polar surface area (TPSA) is 51.1 Å². The molecule has 0 spiro atoms. The largest absolute Gasteiger partial charge is 0.497 e. The number of rotatable bonds is 5. The van der Waals surface area contributed by atoms with Gasteiger partial charge < -0.3 is 9.47 Å². The third-order valence-corrected chi connectivity index (χ3v) is 6.92. The van der Waals surface area contributed by atoms with Crippen molar-refractivity contribution in [1.29, 1.82) is 0 Å². The number of hydrazone groups is 1. The first kappa shape index (κ1) is 22.9. The van der Waals surface area contributed by atoms with Crippen molar-refractivity contribution in [2.75, 3.05) is 14.2 Å². The van der Waals surface area contributed by atoms with E-state index in [0.29, 0.717) is 5.56 Å². The molecule has 1 aliphatic heterocycles. The molecule has 1 fully saturated rings.